The Kier molecular flexibility index (Phi) is 6.90. The normalized spacial score (nSPS) is 11.7. The summed E-state index contributed by atoms with van der Waals surface area (Å²) in [6, 6.07) is 14.0. The van der Waals surface area contributed by atoms with Crippen molar-refractivity contribution in [3.8, 4) is 0 Å². The number of nitrogens with one attached hydrogen (secondary N) is 1. The van der Waals surface area contributed by atoms with E-state index >= 15 is 0 Å². The zero-order valence-corrected chi connectivity index (χ0v) is 21.6. The van der Waals surface area contributed by atoms with Crippen LogP contribution in [-0.2, 0) is 30.8 Å². The van der Waals surface area contributed by atoms with Crippen LogP contribution in [-0.4, -0.2) is 30.3 Å². The highest BCUT2D eigenvalue weighted by molar-refractivity contribution is 7.99. The summed E-state index contributed by atoms with van der Waals surface area (Å²) in [5, 5.41) is 2.96. The Bertz CT molecular complexity index is 1560. The summed E-state index contributed by atoms with van der Waals surface area (Å²) < 4.78 is 18.0. The fraction of sp³-hybridized carbons (Fsp3) is 0.308. The van der Waals surface area contributed by atoms with Gasteiger partial charge in [0.15, 0.2) is 16.3 Å². The summed E-state index contributed by atoms with van der Waals surface area (Å²) in [6.07, 6.45) is 0. The summed E-state index contributed by atoms with van der Waals surface area (Å²) in [7, 11) is 2.98. The summed E-state index contributed by atoms with van der Waals surface area (Å²) in [6.45, 7) is 6.73. The van der Waals surface area contributed by atoms with Gasteiger partial charge in [0, 0.05) is 14.1 Å². The first-order valence-electron chi connectivity index (χ1n) is 11.4. The number of para-hydroxylation sites is 1. The van der Waals surface area contributed by atoms with Gasteiger partial charge in [0.1, 0.15) is 5.82 Å². The minimum absolute atomic E-state index is 0.00104. The third-order valence-corrected chi connectivity index (χ3v) is 6.93. The van der Waals surface area contributed by atoms with E-state index in [2.05, 4.69) is 43.2 Å². The number of rotatable bonds is 6. The molecule has 0 radical (unpaired) electrons. The average molecular weight is 510 g/mol. The van der Waals surface area contributed by atoms with Gasteiger partial charge in [-0.15, -0.1) is 0 Å². The highest BCUT2D eigenvalue weighted by Gasteiger charge is 2.21. The molecular weight excluding hydrogens is 481 g/mol. The fourth-order valence-corrected chi connectivity index (χ4v) is 4.65. The van der Waals surface area contributed by atoms with Crippen LogP contribution in [0.4, 0.5) is 10.1 Å². The van der Waals surface area contributed by atoms with Gasteiger partial charge in [-0.1, -0.05) is 68.9 Å². The first kappa shape index (κ1) is 25.4. The van der Waals surface area contributed by atoms with Crippen molar-refractivity contribution in [2.45, 2.75) is 37.9 Å². The highest BCUT2D eigenvalue weighted by Crippen LogP contribution is 2.26. The Hall–Kier alpha value is -3.66. The van der Waals surface area contributed by atoms with Gasteiger partial charge in [-0.25, -0.2) is 14.2 Å². The van der Waals surface area contributed by atoms with E-state index in [-0.39, 0.29) is 28.0 Å². The molecule has 0 unspecified atom stereocenters. The lowest BCUT2D eigenvalue weighted by Gasteiger charge is -2.19. The van der Waals surface area contributed by atoms with E-state index in [9.17, 15) is 18.8 Å². The number of hydrogen-bond donors (Lipinski definition) is 1. The van der Waals surface area contributed by atoms with Crippen LogP contribution in [0.1, 0.15) is 31.9 Å². The summed E-state index contributed by atoms with van der Waals surface area (Å²) in [4.78, 5) is 42.7. The van der Waals surface area contributed by atoms with Gasteiger partial charge in [-0.3, -0.25) is 18.7 Å². The number of carbonyl (C=O) groups is 1. The summed E-state index contributed by atoms with van der Waals surface area (Å²) in [5.41, 5.74) is 1.78. The van der Waals surface area contributed by atoms with Crippen molar-refractivity contribution in [3.05, 3.63) is 86.3 Å². The molecule has 0 aliphatic rings. The molecule has 4 aromatic rings. The van der Waals surface area contributed by atoms with Gasteiger partial charge >= 0.3 is 5.69 Å². The second-order valence-electron chi connectivity index (χ2n) is 9.62. The van der Waals surface area contributed by atoms with Crippen LogP contribution in [0.15, 0.2) is 63.3 Å². The second kappa shape index (κ2) is 9.77. The standard InChI is InChI=1S/C26H28FN5O3S/c1-26(2,3)17-12-10-16(11-13-17)14-32-21-22(30(4)25(35)31(5)23(21)34)29-24(32)36-15-20(33)28-19-9-7-6-8-18(19)27/h6-13H,14-15H2,1-5H3,(H,28,33). The molecule has 2 heterocycles. The molecular formula is C26H28FN5O3S. The number of hydrogen-bond acceptors (Lipinski definition) is 5. The molecule has 2 aromatic heterocycles. The van der Waals surface area contributed by atoms with Gasteiger partial charge < -0.3 is 9.88 Å². The van der Waals surface area contributed by atoms with Crippen molar-refractivity contribution in [2.75, 3.05) is 11.1 Å². The Balaban J connectivity index is 1.70. The molecule has 1 N–H and O–H groups in total. The number of carbonyl (C=O) groups excluding carboxylic acids is 1. The van der Waals surface area contributed by atoms with E-state index in [0.717, 1.165) is 21.9 Å². The molecule has 0 saturated carbocycles. The largest absolute Gasteiger partial charge is 0.332 e. The number of anilines is 1. The van der Waals surface area contributed by atoms with Crippen molar-refractivity contribution in [1.82, 2.24) is 18.7 Å². The van der Waals surface area contributed by atoms with E-state index in [1.54, 1.807) is 23.7 Å². The van der Waals surface area contributed by atoms with Crippen LogP contribution in [0.25, 0.3) is 11.2 Å². The molecule has 8 nitrogen and oxygen atoms in total. The van der Waals surface area contributed by atoms with E-state index in [0.29, 0.717) is 11.7 Å². The number of aryl methyl sites for hydroxylation is 1. The summed E-state index contributed by atoms with van der Waals surface area (Å²) in [5.74, 6) is -1.00. The van der Waals surface area contributed by atoms with Crippen molar-refractivity contribution >= 4 is 34.5 Å². The predicted octanol–water partition coefficient (Wildman–Crippen LogP) is 3.65. The van der Waals surface area contributed by atoms with Crippen LogP contribution in [0.3, 0.4) is 0 Å². The molecule has 0 aliphatic heterocycles. The minimum Gasteiger partial charge on any atom is -0.323 e. The molecule has 10 heteroatoms. The molecule has 2 aromatic carbocycles. The first-order chi connectivity index (χ1) is 17.0. The van der Waals surface area contributed by atoms with Crippen molar-refractivity contribution in [3.63, 3.8) is 0 Å². The molecule has 0 bridgehead atoms. The van der Waals surface area contributed by atoms with Crippen molar-refractivity contribution in [1.29, 1.82) is 0 Å². The zero-order chi connectivity index (χ0) is 26.2. The quantitative estimate of drug-likeness (QED) is 0.401. The second-order valence-corrected chi connectivity index (χ2v) is 10.6. The topological polar surface area (TPSA) is 90.9 Å². The van der Waals surface area contributed by atoms with Crippen molar-refractivity contribution in [2.24, 2.45) is 14.1 Å². The number of amides is 1. The van der Waals surface area contributed by atoms with Crippen LogP contribution < -0.4 is 16.6 Å². The van der Waals surface area contributed by atoms with Gasteiger partial charge in [0.2, 0.25) is 5.91 Å². The van der Waals surface area contributed by atoms with Crippen LogP contribution >= 0.6 is 11.8 Å². The number of aromatic nitrogens is 4. The lowest BCUT2D eigenvalue weighted by atomic mass is 9.87. The molecule has 4 rings (SSSR count). The van der Waals surface area contributed by atoms with Crippen LogP contribution in [0.2, 0.25) is 0 Å². The zero-order valence-electron chi connectivity index (χ0n) is 20.8. The predicted molar refractivity (Wildman–Crippen MR) is 140 cm³/mol. The molecule has 188 valence electrons. The fourth-order valence-electron chi connectivity index (χ4n) is 3.86. The van der Waals surface area contributed by atoms with Gasteiger partial charge in [-0.2, -0.15) is 0 Å². The SMILES string of the molecule is Cn1c(=O)c2c(nc(SCC(=O)Nc3ccccc3F)n2Cc2ccc(C(C)(C)C)cc2)n(C)c1=O. The van der Waals surface area contributed by atoms with Gasteiger partial charge in [-0.05, 0) is 28.7 Å². The number of benzene rings is 2. The molecule has 0 aliphatic carbocycles. The van der Waals surface area contributed by atoms with E-state index in [1.165, 1.54) is 29.3 Å². The summed E-state index contributed by atoms with van der Waals surface area (Å²) >= 11 is 1.12. The highest BCUT2D eigenvalue weighted by atomic mass is 32.2. The molecule has 0 atom stereocenters. The molecule has 0 fully saturated rings. The molecule has 1 amide bonds. The van der Waals surface area contributed by atoms with Gasteiger partial charge in [0.25, 0.3) is 5.56 Å². The number of nitrogens with zero attached hydrogens (tertiary/aromatic N) is 4. The smallest absolute Gasteiger partial charge is 0.323 e. The van der Waals surface area contributed by atoms with E-state index in [4.69, 9.17) is 0 Å². The van der Waals surface area contributed by atoms with Crippen LogP contribution in [0.5, 0.6) is 0 Å². The minimum atomic E-state index is -0.528. The maximum absolute atomic E-state index is 13.9. The molecule has 0 saturated heterocycles. The maximum Gasteiger partial charge on any atom is 0.332 e. The maximum atomic E-state index is 13.9. The lowest BCUT2D eigenvalue weighted by molar-refractivity contribution is -0.113. The lowest BCUT2D eigenvalue weighted by Crippen LogP contribution is -2.37. The Morgan fingerprint density at radius 3 is 2.33 bits per heavy atom. The molecule has 0 spiro atoms. The molecule has 36 heavy (non-hydrogen) atoms. The van der Waals surface area contributed by atoms with Crippen molar-refractivity contribution < 1.29 is 9.18 Å². The third kappa shape index (κ3) is 4.99. The van der Waals surface area contributed by atoms with E-state index < -0.39 is 23.0 Å². The van der Waals surface area contributed by atoms with Crippen LogP contribution in [0, 0.1) is 5.82 Å². The number of halogens is 1. The average Bonchev–Trinajstić information content (AvgIpc) is 3.19. The number of imidazole rings is 1. The number of fused-ring (bicyclic) bond motifs is 1. The Morgan fingerprint density at radius 1 is 1.03 bits per heavy atom. The monoisotopic (exact) mass is 509 g/mol. The Morgan fingerprint density at radius 2 is 1.69 bits per heavy atom. The number of thioether (sulfide) groups is 1. The van der Waals surface area contributed by atoms with E-state index in [1.807, 2.05) is 12.1 Å². The van der Waals surface area contributed by atoms with Gasteiger partial charge in [0.05, 0.1) is 18.0 Å². The Labute approximate surface area is 211 Å². The first-order valence-corrected chi connectivity index (χ1v) is 12.4. The third-order valence-electron chi connectivity index (χ3n) is 5.95.